The lowest BCUT2D eigenvalue weighted by molar-refractivity contribution is 0.0349. The monoisotopic (exact) mass is 325 g/mol. The van der Waals surface area contributed by atoms with Gasteiger partial charge < -0.3 is 20.6 Å². The average Bonchev–Trinajstić information content (AvgIpc) is 2.54. The summed E-state index contributed by atoms with van der Waals surface area (Å²) in [5, 5.41) is 15.7. The Morgan fingerprint density at radius 3 is 2.26 bits per heavy atom. The number of likely N-dealkylation sites (N-methyl/N-ethyl adjacent to an activating group) is 1. The standard InChI is InChI=1S/C17H28FN3O2/c1-5-17(23,6-2)12-20-16(22)19-11-15(21(3)4)13-7-9-14(18)10-8-13/h7-10,15,23H,5-6,11-12H2,1-4H3,(H2,19,20,22). The van der Waals surface area contributed by atoms with Crippen LogP contribution in [-0.2, 0) is 0 Å². The minimum atomic E-state index is -0.866. The first-order valence-corrected chi connectivity index (χ1v) is 7.97. The Kier molecular flexibility index (Phi) is 7.45. The molecule has 1 rings (SSSR count). The lowest BCUT2D eigenvalue weighted by Gasteiger charge is -2.27. The van der Waals surface area contributed by atoms with Gasteiger partial charge in [0.25, 0.3) is 0 Å². The van der Waals surface area contributed by atoms with Gasteiger partial charge in [0.2, 0.25) is 0 Å². The van der Waals surface area contributed by atoms with Gasteiger partial charge in [0.15, 0.2) is 0 Å². The maximum absolute atomic E-state index is 13.0. The number of rotatable bonds is 8. The predicted molar refractivity (Wildman–Crippen MR) is 89.8 cm³/mol. The van der Waals surface area contributed by atoms with E-state index in [1.54, 1.807) is 12.1 Å². The number of carbonyl (C=O) groups is 1. The first-order chi connectivity index (χ1) is 10.8. The van der Waals surface area contributed by atoms with Crippen molar-refractivity contribution in [2.45, 2.75) is 38.3 Å². The number of halogens is 1. The van der Waals surface area contributed by atoms with Gasteiger partial charge >= 0.3 is 6.03 Å². The molecule has 3 N–H and O–H groups in total. The van der Waals surface area contributed by atoms with Crippen LogP contribution in [0.5, 0.6) is 0 Å². The van der Waals surface area contributed by atoms with Crippen molar-refractivity contribution >= 4 is 6.03 Å². The van der Waals surface area contributed by atoms with Crippen LogP contribution in [0.4, 0.5) is 9.18 Å². The van der Waals surface area contributed by atoms with Crippen molar-refractivity contribution in [3.8, 4) is 0 Å². The predicted octanol–water partition coefficient (Wildman–Crippen LogP) is 2.28. The van der Waals surface area contributed by atoms with Crippen LogP contribution in [0.2, 0.25) is 0 Å². The van der Waals surface area contributed by atoms with E-state index in [0.717, 1.165) is 5.56 Å². The highest BCUT2D eigenvalue weighted by atomic mass is 19.1. The van der Waals surface area contributed by atoms with E-state index in [1.165, 1.54) is 12.1 Å². The molecule has 5 nitrogen and oxygen atoms in total. The zero-order valence-corrected chi connectivity index (χ0v) is 14.4. The van der Waals surface area contributed by atoms with E-state index in [9.17, 15) is 14.3 Å². The Labute approximate surface area is 137 Å². The molecule has 23 heavy (non-hydrogen) atoms. The van der Waals surface area contributed by atoms with E-state index in [1.807, 2.05) is 32.8 Å². The number of carbonyl (C=O) groups excluding carboxylic acids is 1. The molecule has 1 aromatic carbocycles. The summed E-state index contributed by atoms with van der Waals surface area (Å²) in [6.07, 6.45) is 1.17. The fourth-order valence-corrected chi connectivity index (χ4v) is 2.28. The number of nitrogens with one attached hydrogen (secondary N) is 2. The van der Waals surface area contributed by atoms with Gasteiger partial charge in [0, 0.05) is 13.1 Å². The van der Waals surface area contributed by atoms with Gasteiger partial charge in [-0.15, -0.1) is 0 Å². The minimum absolute atomic E-state index is 0.0578. The molecule has 2 amide bonds. The molecule has 0 fully saturated rings. The Morgan fingerprint density at radius 1 is 1.22 bits per heavy atom. The van der Waals surface area contributed by atoms with Gasteiger partial charge in [-0.3, -0.25) is 0 Å². The summed E-state index contributed by atoms with van der Waals surface area (Å²) in [6, 6.07) is 5.87. The van der Waals surface area contributed by atoms with E-state index in [4.69, 9.17) is 0 Å². The third kappa shape index (κ3) is 6.15. The van der Waals surface area contributed by atoms with E-state index in [-0.39, 0.29) is 24.4 Å². The summed E-state index contributed by atoms with van der Waals surface area (Å²) < 4.78 is 13.0. The largest absolute Gasteiger partial charge is 0.388 e. The number of hydrogen-bond donors (Lipinski definition) is 3. The summed E-state index contributed by atoms with van der Waals surface area (Å²) in [5.41, 5.74) is 0.0604. The molecular formula is C17H28FN3O2. The van der Waals surface area contributed by atoms with Crippen molar-refractivity contribution in [1.82, 2.24) is 15.5 Å². The first-order valence-electron chi connectivity index (χ1n) is 7.97. The maximum Gasteiger partial charge on any atom is 0.314 e. The van der Waals surface area contributed by atoms with Gasteiger partial charge in [-0.2, -0.15) is 0 Å². The molecule has 1 aromatic rings. The molecule has 0 aliphatic rings. The second kappa shape index (κ2) is 8.84. The molecule has 0 saturated heterocycles. The van der Waals surface area contributed by atoms with Crippen molar-refractivity contribution in [2.75, 3.05) is 27.2 Å². The molecule has 1 atom stereocenters. The Bertz CT molecular complexity index is 487. The molecule has 0 radical (unpaired) electrons. The summed E-state index contributed by atoms with van der Waals surface area (Å²) in [6.45, 7) is 4.38. The highest BCUT2D eigenvalue weighted by Crippen LogP contribution is 2.17. The van der Waals surface area contributed by atoms with E-state index < -0.39 is 5.60 Å². The highest BCUT2D eigenvalue weighted by Gasteiger charge is 2.23. The zero-order valence-electron chi connectivity index (χ0n) is 14.4. The fraction of sp³-hybridized carbons (Fsp3) is 0.588. The van der Waals surface area contributed by atoms with E-state index in [0.29, 0.717) is 19.4 Å². The number of hydrogen-bond acceptors (Lipinski definition) is 3. The number of urea groups is 1. The lowest BCUT2D eigenvalue weighted by atomic mass is 9.98. The lowest BCUT2D eigenvalue weighted by Crippen LogP contribution is -2.47. The van der Waals surface area contributed by atoms with Crippen LogP contribution in [0, 0.1) is 5.82 Å². The van der Waals surface area contributed by atoms with Crippen molar-refractivity contribution < 1.29 is 14.3 Å². The maximum atomic E-state index is 13.0. The normalized spacial score (nSPS) is 13.0. The molecular weight excluding hydrogens is 297 g/mol. The molecule has 0 aromatic heterocycles. The summed E-state index contributed by atoms with van der Waals surface area (Å²) in [5.74, 6) is -0.282. The van der Waals surface area contributed by atoms with Crippen LogP contribution >= 0.6 is 0 Å². The Balaban J connectivity index is 2.55. The van der Waals surface area contributed by atoms with Crippen molar-refractivity contribution in [1.29, 1.82) is 0 Å². The quantitative estimate of drug-likeness (QED) is 0.687. The molecule has 0 spiro atoms. The SMILES string of the molecule is CCC(O)(CC)CNC(=O)NCC(c1ccc(F)cc1)N(C)C. The molecule has 6 heteroatoms. The first kappa shape index (κ1) is 19.4. The summed E-state index contributed by atoms with van der Waals surface area (Å²) >= 11 is 0. The van der Waals surface area contributed by atoms with Crippen LogP contribution in [0.1, 0.15) is 38.3 Å². The molecule has 0 aliphatic heterocycles. The van der Waals surface area contributed by atoms with Crippen molar-refractivity contribution in [3.05, 3.63) is 35.6 Å². The number of nitrogens with zero attached hydrogens (tertiary/aromatic N) is 1. The highest BCUT2D eigenvalue weighted by molar-refractivity contribution is 5.73. The average molecular weight is 325 g/mol. The number of aliphatic hydroxyl groups is 1. The molecule has 0 aliphatic carbocycles. The van der Waals surface area contributed by atoms with Crippen LogP contribution in [0.25, 0.3) is 0 Å². The van der Waals surface area contributed by atoms with E-state index >= 15 is 0 Å². The topological polar surface area (TPSA) is 64.6 Å². The Hall–Kier alpha value is -1.66. The number of benzene rings is 1. The summed E-state index contributed by atoms with van der Waals surface area (Å²) in [4.78, 5) is 13.9. The van der Waals surface area contributed by atoms with Crippen molar-refractivity contribution in [3.63, 3.8) is 0 Å². The van der Waals surface area contributed by atoms with Crippen molar-refractivity contribution in [2.24, 2.45) is 0 Å². The molecule has 0 heterocycles. The molecule has 1 unspecified atom stereocenters. The second-order valence-electron chi connectivity index (χ2n) is 6.03. The zero-order chi connectivity index (χ0) is 17.5. The smallest absolute Gasteiger partial charge is 0.314 e. The third-order valence-corrected chi connectivity index (χ3v) is 4.23. The van der Waals surface area contributed by atoms with E-state index in [2.05, 4.69) is 10.6 Å². The van der Waals surface area contributed by atoms with Crippen LogP contribution in [-0.4, -0.2) is 48.8 Å². The van der Waals surface area contributed by atoms with Crippen LogP contribution in [0.3, 0.4) is 0 Å². The second-order valence-corrected chi connectivity index (χ2v) is 6.03. The fourth-order valence-electron chi connectivity index (χ4n) is 2.28. The van der Waals surface area contributed by atoms with Crippen LogP contribution < -0.4 is 10.6 Å². The number of amides is 2. The minimum Gasteiger partial charge on any atom is -0.388 e. The van der Waals surface area contributed by atoms with Gasteiger partial charge in [-0.05, 0) is 44.6 Å². The third-order valence-electron chi connectivity index (χ3n) is 4.23. The van der Waals surface area contributed by atoms with Gasteiger partial charge in [0.1, 0.15) is 5.82 Å². The molecule has 0 saturated carbocycles. The van der Waals surface area contributed by atoms with Gasteiger partial charge in [-0.1, -0.05) is 26.0 Å². The van der Waals surface area contributed by atoms with Gasteiger partial charge in [-0.25, -0.2) is 9.18 Å². The Morgan fingerprint density at radius 2 is 1.78 bits per heavy atom. The van der Waals surface area contributed by atoms with Gasteiger partial charge in [0.05, 0.1) is 11.6 Å². The molecule has 130 valence electrons. The molecule has 0 bridgehead atoms. The summed E-state index contributed by atoms with van der Waals surface area (Å²) in [7, 11) is 3.81. The van der Waals surface area contributed by atoms with Crippen LogP contribution in [0.15, 0.2) is 24.3 Å².